The number of nitrogens with one attached hydrogen (secondary N) is 1. The van der Waals surface area contributed by atoms with Gasteiger partial charge in [0.1, 0.15) is 6.04 Å². The molecule has 13 heteroatoms. The molecule has 0 unspecified atom stereocenters. The number of aliphatic hydroxyl groups excluding tert-OH is 1. The van der Waals surface area contributed by atoms with E-state index in [9.17, 15) is 23.1 Å². The summed E-state index contributed by atoms with van der Waals surface area (Å²) in [5, 5.41) is 26.6. The highest BCUT2D eigenvalue weighted by atomic mass is 32.2. The Bertz CT molecular complexity index is 1640. The Morgan fingerprint density at radius 1 is 1.02 bits per heavy atom. The van der Waals surface area contributed by atoms with Crippen LogP contribution in [0.1, 0.15) is 50.8 Å². The molecule has 0 spiro atoms. The molecule has 49 heavy (non-hydrogen) atoms. The third-order valence-electron chi connectivity index (χ3n) is 8.79. The summed E-state index contributed by atoms with van der Waals surface area (Å²) in [6.07, 6.45) is 4.19. The third kappa shape index (κ3) is 9.87. The summed E-state index contributed by atoms with van der Waals surface area (Å²) < 4.78 is 29.0. The Labute approximate surface area is 289 Å². The van der Waals surface area contributed by atoms with Crippen molar-refractivity contribution in [3.05, 3.63) is 95.8 Å². The zero-order valence-corrected chi connectivity index (χ0v) is 29.4. The lowest BCUT2D eigenvalue weighted by Gasteiger charge is -2.35. The molecule has 4 rings (SSSR count). The minimum absolute atomic E-state index is 0.0271. The molecule has 3 N–H and O–H groups in total. The Morgan fingerprint density at radius 3 is 2.33 bits per heavy atom. The van der Waals surface area contributed by atoms with Crippen molar-refractivity contribution >= 4 is 28.2 Å². The van der Waals surface area contributed by atoms with Crippen molar-refractivity contribution in [2.75, 3.05) is 26.2 Å². The molecular weight excluding hydrogens is 644 g/mol. The molecule has 1 aliphatic heterocycles. The highest BCUT2D eigenvalue weighted by molar-refractivity contribution is 7.89. The number of hydrogen-bond donors (Lipinski definition) is 3. The lowest BCUT2D eigenvalue weighted by molar-refractivity contribution is -0.128. The highest BCUT2D eigenvalue weighted by Gasteiger charge is 2.41. The van der Waals surface area contributed by atoms with Crippen molar-refractivity contribution in [3.63, 3.8) is 0 Å². The number of carbonyl (C=O) groups excluding carboxylic acids is 2. The Balaban J connectivity index is 1.59. The van der Waals surface area contributed by atoms with Gasteiger partial charge in [0.25, 0.3) is 0 Å². The first-order valence-electron chi connectivity index (χ1n) is 16.7. The van der Waals surface area contributed by atoms with E-state index in [2.05, 4.69) is 15.5 Å². The van der Waals surface area contributed by atoms with Gasteiger partial charge >= 0.3 is 6.03 Å². The van der Waals surface area contributed by atoms with Crippen LogP contribution in [0.2, 0.25) is 0 Å². The van der Waals surface area contributed by atoms with Gasteiger partial charge in [-0.15, -0.1) is 0 Å². The number of nitrogens with zero attached hydrogens (tertiary/aromatic N) is 5. The lowest BCUT2D eigenvalue weighted by atomic mass is 9.95. The molecule has 4 atom stereocenters. The van der Waals surface area contributed by atoms with Crippen LogP contribution in [0, 0.1) is 11.8 Å². The summed E-state index contributed by atoms with van der Waals surface area (Å²) in [5.41, 5.74) is 2.27. The van der Waals surface area contributed by atoms with Crippen LogP contribution < -0.4 is 5.32 Å². The normalized spacial score (nSPS) is 16.3. The van der Waals surface area contributed by atoms with Gasteiger partial charge in [-0.3, -0.25) is 9.78 Å². The fourth-order valence-corrected chi connectivity index (χ4v) is 7.65. The largest absolute Gasteiger partial charge is 0.411 e. The van der Waals surface area contributed by atoms with Crippen LogP contribution in [-0.4, -0.2) is 100 Å². The quantitative estimate of drug-likeness (QED) is 0.110. The lowest BCUT2D eigenvalue weighted by Crippen LogP contribution is -2.57. The second kappa shape index (κ2) is 17.4. The van der Waals surface area contributed by atoms with Crippen LogP contribution in [0.3, 0.4) is 0 Å². The maximum atomic E-state index is 14.2. The summed E-state index contributed by atoms with van der Waals surface area (Å²) in [7, 11) is -4.05. The van der Waals surface area contributed by atoms with Gasteiger partial charge in [0, 0.05) is 45.1 Å². The molecule has 2 aromatic carbocycles. The van der Waals surface area contributed by atoms with E-state index < -0.39 is 34.1 Å². The fourth-order valence-electron chi connectivity index (χ4n) is 6.02. The number of pyridine rings is 1. The molecule has 1 aliphatic rings. The van der Waals surface area contributed by atoms with Crippen molar-refractivity contribution in [1.29, 1.82) is 0 Å². The van der Waals surface area contributed by atoms with E-state index >= 15 is 0 Å². The van der Waals surface area contributed by atoms with Gasteiger partial charge in [-0.25, -0.2) is 13.2 Å². The van der Waals surface area contributed by atoms with Gasteiger partial charge in [-0.05, 0) is 53.1 Å². The maximum absolute atomic E-state index is 14.2. The number of amides is 3. The number of oxime groups is 1. The standard InChI is InChI=1S/C36H48N6O6S/c1-5-27(4)34(42-19-18-40(36(42)45)24-30-12-9-17-37-21-30)35(44)39-32(20-28-10-7-6-8-11-28)33(43)25-41(23-26(2)3)49(47,48)31-15-13-29(14-16-31)22-38-46/h6-17,21-22,26-27,32-34,43,46H,5,18-20,23-25H2,1-4H3,(H,39,44)/b38-22+/t27-,32-,33+,34-/m0/s1. The zero-order chi connectivity index (χ0) is 35.6. The number of carbonyl (C=O) groups is 2. The zero-order valence-electron chi connectivity index (χ0n) is 28.6. The summed E-state index contributed by atoms with van der Waals surface area (Å²) in [5.74, 6) is -0.644. The fraction of sp³-hybridized carbons (Fsp3) is 0.444. The Hall–Kier alpha value is -4.33. The molecule has 3 amide bonds. The van der Waals surface area contributed by atoms with E-state index in [0.29, 0.717) is 31.6 Å². The van der Waals surface area contributed by atoms with Crippen molar-refractivity contribution in [3.8, 4) is 0 Å². The smallest absolute Gasteiger partial charge is 0.321 e. The van der Waals surface area contributed by atoms with Gasteiger partial charge in [0.2, 0.25) is 15.9 Å². The third-order valence-corrected chi connectivity index (χ3v) is 10.6. The maximum Gasteiger partial charge on any atom is 0.321 e. The molecule has 1 fully saturated rings. The average molecular weight is 693 g/mol. The van der Waals surface area contributed by atoms with Crippen molar-refractivity contribution in [2.45, 2.75) is 70.2 Å². The van der Waals surface area contributed by atoms with Crippen LogP contribution >= 0.6 is 0 Å². The number of rotatable bonds is 17. The summed E-state index contributed by atoms with van der Waals surface area (Å²) >= 11 is 0. The van der Waals surface area contributed by atoms with Crippen molar-refractivity contribution < 1.29 is 28.3 Å². The summed E-state index contributed by atoms with van der Waals surface area (Å²) in [6, 6.07) is 17.1. The summed E-state index contributed by atoms with van der Waals surface area (Å²) in [6.45, 7) is 8.75. The van der Waals surface area contributed by atoms with E-state index in [4.69, 9.17) is 5.21 Å². The van der Waals surface area contributed by atoms with Crippen LogP contribution in [0.5, 0.6) is 0 Å². The molecule has 12 nitrogen and oxygen atoms in total. The van der Waals surface area contributed by atoms with Crippen LogP contribution in [-0.2, 0) is 27.8 Å². The highest BCUT2D eigenvalue weighted by Crippen LogP contribution is 2.24. The second-order valence-corrected chi connectivity index (χ2v) is 14.9. The molecule has 2 heterocycles. The number of urea groups is 1. The van der Waals surface area contributed by atoms with Crippen LogP contribution in [0.4, 0.5) is 4.79 Å². The SMILES string of the molecule is CC[C@H](C)[C@@H](C(=O)N[C@@H](Cc1ccccc1)[C@H](O)CN(CC(C)C)S(=O)(=O)c1ccc(/C=N/O)cc1)N1CCN(Cc2cccnc2)C1=O. The minimum atomic E-state index is -4.05. The number of benzene rings is 2. The molecule has 0 saturated carbocycles. The molecule has 1 saturated heterocycles. The first-order valence-corrected chi connectivity index (χ1v) is 18.1. The summed E-state index contributed by atoms with van der Waals surface area (Å²) in [4.78, 5) is 35.3. The van der Waals surface area contributed by atoms with E-state index in [1.54, 1.807) is 22.2 Å². The van der Waals surface area contributed by atoms with Gasteiger partial charge < -0.3 is 25.4 Å². The predicted molar refractivity (Wildman–Crippen MR) is 187 cm³/mol. The topological polar surface area (TPSA) is 156 Å². The van der Waals surface area contributed by atoms with Gasteiger partial charge in [-0.1, -0.05) is 87.8 Å². The first-order chi connectivity index (χ1) is 23.4. The second-order valence-electron chi connectivity index (χ2n) is 13.0. The van der Waals surface area contributed by atoms with E-state index in [1.807, 2.05) is 70.2 Å². The number of hydrogen-bond acceptors (Lipinski definition) is 8. The number of aliphatic hydroxyl groups is 1. The first kappa shape index (κ1) is 37.5. The van der Waals surface area contributed by atoms with Crippen LogP contribution in [0.25, 0.3) is 0 Å². The predicted octanol–water partition coefficient (Wildman–Crippen LogP) is 3.98. The van der Waals surface area contributed by atoms with Gasteiger partial charge in [0.05, 0.1) is 23.3 Å². The van der Waals surface area contributed by atoms with Gasteiger partial charge in [0.15, 0.2) is 0 Å². The van der Waals surface area contributed by atoms with E-state index in [0.717, 1.165) is 11.1 Å². The van der Waals surface area contributed by atoms with Crippen LogP contribution in [0.15, 0.2) is 89.2 Å². The molecule has 3 aromatic rings. The van der Waals surface area contributed by atoms with Crippen molar-refractivity contribution in [1.82, 2.24) is 24.4 Å². The van der Waals surface area contributed by atoms with Crippen molar-refractivity contribution in [2.24, 2.45) is 17.0 Å². The molecule has 0 radical (unpaired) electrons. The van der Waals surface area contributed by atoms with E-state index in [-0.39, 0.29) is 42.3 Å². The monoisotopic (exact) mass is 692 g/mol. The van der Waals surface area contributed by atoms with Gasteiger partial charge in [-0.2, -0.15) is 4.31 Å². The molecule has 264 valence electrons. The molecule has 0 bridgehead atoms. The number of sulfonamides is 1. The van der Waals surface area contributed by atoms with E-state index in [1.165, 1.54) is 34.8 Å². The minimum Gasteiger partial charge on any atom is -0.411 e. The number of aromatic nitrogens is 1. The average Bonchev–Trinajstić information content (AvgIpc) is 3.43. The molecule has 1 aromatic heterocycles. The Kier molecular flexibility index (Phi) is 13.3. The molecule has 0 aliphatic carbocycles. The Morgan fingerprint density at radius 2 is 1.71 bits per heavy atom. The molecular formula is C36H48N6O6S.